The standard InChI is InChI=1S/C9H16O3/c1-12-6-8-3-2-7(4-8)5-9(10)11/h7-8H,2-6H2,1H3,(H,10,11). The highest BCUT2D eigenvalue weighted by molar-refractivity contribution is 5.67. The highest BCUT2D eigenvalue weighted by Gasteiger charge is 2.25. The predicted molar refractivity (Wildman–Crippen MR) is 45.0 cm³/mol. The fourth-order valence-corrected chi connectivity index (χ4v) is 2.00. The number of methoxy groups -OCH3 is 1. The van der Waals surface area contributed by atoms with Crippen molar-refractivity contribution in [3.63, 3.8) is 0 Å². The molecule has 12 heavy (non-hydrogen) atoms. The van der Waals surface area contributed by atoms with E-state index in [0.29, 0.717) is 18.3 Å². The van der Waals surface area contributed by atoms with Gasteiger partial charge in [-0.1, -0.05) is 0 Å². The quantitative estimate of drug-likeness (QED) is 0.699. The number of hydrogen-bond acceptors (Lipinski definition) is 2. The van der Waals surface area contributed by atoms with Gasteiger partial charge >= 0.3 is 5.97 Å². The van der Waals surface area contributed by atoms with Crippen molar-refractivity contribution < 1.29 is 14.6 Å². The Hall–Kier alpha value is -0.570. The first-order valence-corrected chi connectivity index (χ1v) is 4.43. The molecule has 3 heteroatoms. The Bertz CT molecular complexity index is 156. The smallest absolute Gasteiger partial charge is 0.303 e. The molecular weight excluding hydrogens is 156 g/mol. The van der Waals surface area contributed by atoms with Crippen molar-refractivity contribution in [3.05, 3.63) is 0 Å². The lowest BCUT2D eigenvalue weighted by atomic mass is 10.0. The molecule has 0 amide bonds. The van der Waals surface area contributed by atoms with E-state index in [4.69, 9.17) is 9.84 Å². The van der Waals surface area contributed by atoms with Crippen LogP contribution >= 0.6 is 0 Å². The van der Waals surface area contributed by atoms with Crippen LogP contribution in [0.1, 0.15) is 25.7 Å². The average Bonchev–Trinajstić information content (AvgIpc) is 2.36. The van der Waals surface area contributed by atoms with Crippen molar-refractivity contribution in [1.29, 1.82) is 0 Å². The number of carboxylic acid groups (broad SMARTS) is 1. The molecule has 1 rings (SSSR count). The average molecular weight is 172 g/mol. The predicted octanol–water partition coefficient (Wildman–Crippen LogP) is 1.52. The molecule has 0 bridgehead atoms. The number of hydrogen-bond donors (Lipinski definition) is 1. The van der Waals surface area contributed by atoms with Crippen LogP contribution in [-0.4, -0.2) is 24.8 Å². The number of aliphatic carboxylic acids is 1. The normalized spacial score (nSPS) is 29.1. The fraction of sp³-hybridized carbons (Fsp3) is 0.889. The summed E-state index contributed by atoms with van der Waals surface area (Å²) < 4.78 is 5.03. The lowest BCUT2D eigenvalue weighted by molar-refractivity contribution is -0.138. The number of carbonyl (C=O) groups is 1. The van der Waals surface area contributed by atoms with Crippen LogP contribution in [0, 0.1) is 11.8 Å². The van der Waals surface area contributed by atoms with Crippen molar-refractivity contribution in [2.45, 2.75) is 25.7 Å². The minimum Gasteiger partial charge on any atom is -0.481 e. The Morgan fingerprint density at radius 3 is 2.75 bits per heavy atom. The third kappa shape index (κ3) is 2.81. The molecule has 1 aliphatic rings. The van der Waals surface area contributed by atoms with Crippen molar-refractivity contribution in [2.75, 3.05) is 13.7 Å². The van der Waals surface area contributed by atoms with Crippen LogP contribution in [0.3, 0.4) is 0 Å². The van der Waals surface area contributed by atoms with Gasteiger partial charge in [-0.05, 0) is 31.1 Å². The monoisotopic (exact) mass is 172 g/mol. The second kappa shape index (κ2) is 4.45. The van der Waals surface area contributed by atoms with Crippen LogP contribution in [0.4, 0.5) is 0 Å². The van der Waals surface area contributed by atoms with Gasteiger partial charge in [0, 0.05) is 20.1 Å². The Balaban J connectivity index is 2.21. The summed E-state index contributed by atoms with van der Waals surface area (Å²) in [5.41, 5.74) is 0. The first-order chi connectivity index (χ1) is 5.72. The molecule has 0 aliphatic heterocycles. The zero-order valence-corrected chi connectivity index (χ0v) is 7.45. The third-order valence-electron chi connectivity index (χ3n) is 2.52. The summed E-state index contributed by atoms with van der Waals surface area (Å²) >= 11 is 0. The lowest BCUT2D eigenvalue weighted by Crippen LogP contribution is -2.07. The summed E-state index contributed by atoms with van der Waals surface area (Å²) in [5.74, 6) is 0.320. The zero-order chi connectivity index (χ0) is 8.97. The van der Waals surface area contributed by atoms with Gasteiger partial charge in [-0.25, -0.2) is 0 Å². The summed E-state index contributed by atoms with van der Waals surface area (Å²) in [6, 6.07) is 0. The molecule has 1 fully saturated rings. The van der Waals surface area contributed by atoms with Gasteiger partial charge in [-0.2, -0.15) is 0 Å². The van der Waals surface area contributed by atoms with E-state index in [1.165, 1.54) is 0 Å². The van der Waals surface area contributed by atoms with Crippen LogP contribution in [-0.2, 0) is 9.53 Å². The lowest BCUT2D eigenvalue weighted by Gasteiger charge is -2.07. The van der Waals surface area contributed by atoms with Crippen LogP contribution < -0.4 is 0 Å². The Morgan fingerprint density at radius 2 is 2.17 bits per heavy atom. The first kappa shape index (κ1) is 9.52. The second-order valence-corrected chi connectivity index (χ2v) is 3.60. The SMILES string of the molecule is COCC1CCC(CC(=O)O)C1. The van der Waals surface area contributed by atoms with Crippen LogP contribution in [0.25, 0.3) is 0 Å². The van der Waals surface area contributed by atoms with E-state index < -0.39 is 5.97 Å². The van der Waals surface area contributed by atoms with E-state index in [1.807, 2.05) is 0 Å². The molecule has 0 radical (unpaired) electrons. The van der Waals surface area contributed by atoms with E-state index in [1.54, 1.807) is 7.11 Å². The van der Waals surface area contributed by atoms with Crippen molar-refractivity contribution >= 4 is 5.97 Å². The van der Waals surface area contributed by atoms with Crippen LogP contribution in [0.15, 0.2) is 0 Å². The van der Waals surface area contributed by atoms with Crippen molar-refractivity contribution in [3.8, 4) is 0 Å². The summed E-state index contributed by atoms with van der Waals surface area (Å²) in [6.07, 6.45) is 3.55. The van der Waals surface area contributed by atoms with Crippen molar-refractivity contribution in [2.24, 2.45) is 11.8 Å². The first-order valence-electron chi connectivity index (χ1n) is 4.43. The van der Waals surface area contributed by atoms with Gasteiger partial charge in [0.25, 0.3) is 0 Å². The van der Waals surface area contributed by atoms with Gasteiger partial charge < -0.3 is 9.84 Å². The second-order valence-electron chi connectivity index (χ2n) is 3.60. The molecule has 0 heterocycles. The molecule has 3 nitrogen and oxygen atoms in total. The number of carboxylic acids is 1. The highest BCUT2D eigenvalue weighted by Crippen LogP contribution is 2.32. The maximum Gasteiger partial charge on any atom is 0.303 e. The molecule has 0 spiro atoms. The van der Waals surface area contributed by atoms with Gasteiger partial charge in [-0.3, -0.25) is 4.79 Å². The zero-order valence-electron chi connectivity index (χ0n) is 7.45. The Labute approximate surface area is 72.7 Å². The third-order valence-corrected chi connectivity index (χ3v) is 2.52. The fourth-order valence-electron chi connectivity index (χ4n) is 2.00. The van der Waals surface area contributed by atoms with E-state index in [0.717, 1.165) is 25.9 Å². The van der Waals surface area contributed by atoms with Gasteiger partial charge in [0.2, 0.25) is 0 Å². The molecule has 2 atom stereocenters. The van der Waals surface area contributed by atoms with Crippen LogP contribution in [0.2, 0.25) is 0 Å². The molecule has 2 unspecified atom stereocenters. The van der Waals surface area contributed by atoms with Gasteiger partial charge in [-0.15, -0.1) is 0 Å². The molecule has 70 valence electrons. The summed E-state index contributed by atoms with van der Waals surface area (Å²) in [5, 5.41) is 8.56. The van der Waals surface area contributed by atoms with E-state index in [2.05, 4.69) is 0 Å². The van der Waals surface area contributed by atoms with Gasteiger partial charge in [0.05, 0.1) is 0 Å². The summed E-state index contributed by atoms with van der Waals surface area (Å²) in [6.45, 7) is 0.788. The highest BCUT2D eigenvalue weighted by atomic mass is 16.5. The topological polar surface area (TPSA) is 46.5 Å². The number of rotatable bonds is 4. The van der Waals surface area contributed by atoms with Crippen molar-refractivity contribution in [1.82, 2.24) is 0 Å². The molecule has 0 saturated heterocycles. The molecule has 0 aromatic rings. The molecule has 1 saturated carbocycles. The molecular formula is C9H16O3. The Kier molecular flexibility index (Phi) is 3.53. The molecule has 0 aromatic carbocycles. The minimum atomic E-state index is -0.668. The minimum absolute atomic E-state index is 0.334. The van der Waals surface area contributed by atoms with E-state index in [9.17, 15) is 4.79 Å². The summed E-state index contributed by atoms with van der Waals surface area (Å²) in [4.78, 5) is 10.4. The maximum atomic E-state index is 10.4. The molecule has 0 aromatic heterocycles. The van der Waals surface area contributed by atoms with Gasteiger partial charge in [0.1, 0.15) is 0 Å². The summed E-state index contributed by atoms with van der Waals surface area (Å²) in [7, 11) is 1.70. The maximum absolute atomic E-state index is 10.4. The molecule has 1 aliphatic carbocycles. The Morgan fingerprint density at radius 1 is 1.50 bits per heavy atom. The molecule has 1 N–H and O–H groups in total. The van der Waals surface area contributed by atoms with Gasteiger partial charge in [0.15, 0.2) is 0 Å². The number of ether oxygens (including phenoxy) is 1. The largest absolute Gasteiger partial charge is 0.481 e. The van der Waals surface area contributed by atoms with E-state index >= 15 is 0 Å². The van der Waals surface area contributed by atoms with E-state index in [-0.39, 0.29) is 0 Å². The van der Waals surface area contributed by atoms with Crippen LogP contribution in [0.5, 0.6) is 0 Å².